The summed E-state index contributed by atoms with van der Waals surface area (Å²) in [6, 6.07) is 14.6. The van der Waals surface area contributed by atoms with Crippen LogP contribution in [0.5, 0.6) is 11.5 Å². The number of nitrogen functional groups attached to an aromatic ring is 1. The van der Waals surface area contributed by atoms with Crippen molar-refractivity contribution in [1.29, 1.82) is 0 Å². The normalized spacial score (nSPS) is 15.3. The van der Waals surface area contributed by atoms with Crippen molar-refractivity contribution in [2.24, 2.45) is 0 Å². The van der Waals surface area contributed by atoms with Gasteiger partial charge in [-0.15, -0.1) is 0 Å². The third kappa shape index (κ3) is 4.75. The first-order valence-electron chi connectivity index (χ1n) is 12.4. The van der Waals surface area contributed by atoms with Crippen LogP contribution in [0.25, 0.3) is 22.4 Å². The van der Waals surface area contributed by atoms with Gasteiger partial charge in [0.05, 0.1) is 26.1 Å². The second-order valence-corrected chi connectivity index (χ2v) is 8.73. The Balaban J connectivity index is 1.58. The first kappa shape index (κ1) is 25.2. The third-order valence-electron chi connectivity index (χ3n) is 6.54. The van der Waals surface area contributed by atoms with E-state index in [1.165, 1.54) is 0 Å². The lowest BCUT2D eigenvalue weighted by atomic mass is 10.1. The SMILES string of the molecule is CCN(C(=O)C1CNCCN1c1nc(N)nc2ncc(-c3ccc(OC)c(OC)c3)nc12)c1ccccc1. The fourth-order valence-corrected chi connectivity index (χ4v) is 4.68. The molecule has 2 aromatic carbocycles. The third-order valence-corrected chi connectivity index (χ3v) is 6.54. The highest BCUT2D eigenvalue weighted by atomic mass is 16.5. The lowest BCUT2D eigenvalue weighted by Crippen LogP contribution is -2.59. The van der Waals surface area contributed by atoms with Crippen LogP contribution in [-0.2, 0) is 4.79 Å². The van der Waals surface area contributed by atoms with Crippen LogP contribution in [0.2, 0.25) is 0 Å². The van der Waals surface area contributed by atoms with Crippen LogP contribution in [0.15, 0.2) is 54.7 Å². The molecule has 5 rings (SSSR count). The molecule has 38 heavy (non-hydrogen) atoms. The van der Waals surface area contributed by atoms with Crippen LogP contribution in [0.1, 0.15) is 6.92 Å². The van der Waals surface area contributed by atoms with Gasteiger partial charge < -0.3 is 30.3 Å². The second-order valence-electron chi connectivity index (χ2n) is 8.73. The minimum absolute atomic E-state index is 0.0414. The Labute approximate surface area is 220 Å². The summed E-state index contributed by atoms with van der Waals surface area (Å²) in [5, 5.41) is 3.34. The summed E-state index contributed by atoms with van der Waals surface area (Å²) in [7, 11) is 3.17. The van der Waals surface area contributed by atoms with Gasteiger partial charge in [0.1, 0.15) is 6.04 Å². The molecule has 1 unspecified atom stereocenters. The highest BCUT2D eigenvalue weighted by Crippen LogP contribution is 2.33. The van der Waals surface area contributed by atoms with Gasteiger partial charge in [-0.05, 0) is 37.3 Å². The summed E-state index contributed by atoms with van der Waals surface area (Å²) < 4.78 is 10.8. The van der Waals surface area contributed by atoms with Crippen LogP contribution in [0, 0.1) is 0 Å². The number of nitrogens with two attached hydrogens (primary N) is 1. The maximum absolute atomic E-state index is 13.9. The van der Waals surface area contributed by atoms with E-state index in [9.17, 15) is 4.79 Å². The van der Waals surface area contributed by atoms with Gasteiger partial charge in [-0.3, -0.25) is 4.79 Å². The molecule has 3 N–H and O–H groups in total. The number of likely N-dealkylation sites (N-methyl/N-ethyl adjacent to an activating group) is 1. The number of carbonyl (C=O) groups excluding carboxylic acids is 1. The van der Waals surface area contributed by atoms with E-state index in [1.807, 2.05) is 60.4 Å². The predicted molar refractivity (Wildman–Crippen MR) is 147 cm³/mol. The standard InChI is InChI=1S/C27H30N8O3/c1-4-34(18-8-6-5-7-9-18)26(36)20-16-29-12-13-35(20)25-23-24(32-27(28)33-25)30-15-19(31-23)17-10-11-21(37-2)22(14-17)38-3/h5-11,14-15,20,29H,4,12-13,16H2,1-3H3,(H2,28,30,32,33). The summed E-state index contributed by atoms with van der Waals surface area (Å²) >= 11 is 0. The van der Waals surface area contributed by atoms with Gasteiger partial charge in [0.15, 0.2) is 28.5 Å². The molecule has 0 aliphatic carbocycles. The number of fused-ring (bicyclic) bond motifs is 1. The van der Waals surface area contributed by atoms with Crippen molar-refractivity contribution >= 4 is 34.5 Å². The molecule has 0 saturated carbocycles. The van der Waals surface area contributed by atoms with Crippen LogP contribution in [0.3, 0.4) is 0 Å². The molecule has 1 atom stereocenters. The zero-order valence-corrected chi connectivity index (χ0v) is 21.6. The summed E-state index contributed by atoms with van der Waals surface area (Å²) in [6.45, 7) is 4.16. The highest BCUT2D eigenvalue weighted by Gasteiger charge is 2.34. The number of benzene rings is 2. The fraction of sp³-hybridized carbons (Fsp3) is 0.296. The van der Waals surface area contributed by atoms with Gasteiger partial charge in [-0.25, -0.2) is 9.97 Å². The number of rotatable bonds is 7. The molecule has 1 saturated heterocycles. The van der Waals surface area contributed by atoms with Gasteiger partial charge >= 0.3 is 0 Å². The van der Waals surface area contributed by atoms with Gasteiger partial charge in [-0.2, -0.15) is 9.97 Å². The second kappa shape index (κ2) is 10.9. The molecule has 1 aliphatic rings. The van der Waals surface area contributed by atoms with Crippen molar-refractivity contribution in [1.82, 2.24) is 25.3 Å². The van der Waals surface area contributed by atoms with Crippen molar-refractivity contribution in [2.45, 2.75) is 13.0 Å². The largest absolute Gasteiger partial charge is 0.493 e. The van der Waals surface area contributed by atoms with Gasteiger partial charge in [0, 0.05) is 37.4 Å². The number of ether oxygens (including phenoxy) is 2. The zero-order valence-electron chi connectivity index (χ0n) is 21.6. The smallest absolute Gasteiger partial charge is 0.251 e. The number of nitrogens with one attached hydrogen (secondary N) is 1. The van der Waals surface area contributed by atoms with E-state index in [0.29, 0.717) is 60.4 Å². The van der Waals surface area contributed by atoms with Crippen molar-refractivity contribution in [2.75, 3.05) is 55.9 Å². The monoisotopic (exact) mass is 514 g/mol. The van der Waals surface area contributed by atoms with Gasteiger partial charge in [0.2, 0.25) is 5.95 Å². The Morgan fingerprint density at radius 3 is 2.63 bits per heavy atom. The number of amides is 1. The number of piperazine rings is 1. The fourth-order valence-electron chi connectivity index (χ4n) is 4.68. The molecule has 4 aromatic rings. The first-order chi connectivity index (χ1) is 18.5. The van der Waals surface area contributed by atoms with E-state index >= 15 is 0 Å². The number of hydrogen-bond acceptors (Lipinski definition) is 10. The van der Waals surface area contributed by atoms with E-state index < -0.39 is 6.04 Å². The summed E-state index contributed by atoms with van der Waals surface area (Å²) in [5.74, 6) is 1.70. The van der Waals surface area contributed by atoms with Crippen LogP contribution < -0.4 is 30.3 Å². The van der Waals surface area contributed by atoms with E-state index in [-0.39, 0.29) is 11.9 Å². The molecule has 11 nitrogen and oxygen atoms in total. The number of nitrogens with zero attached hydrogens (tertiary/aromatic N) is 6. The predicted octanol–water partition coefficient (Wildman–Crippen LogP) is 2.52. The van der Waals surface area contributed by atoms with Crippen LogP contribution in [-0.4, -0.2) is 72.3 Å². The van der Waals surface area contributed by atoms with Crippen molar-refractivity contribution < 1.29 is 14.3 Å². The quantitative estimate of drug-likeness (QED) is 0.379. The topological polar surface area (TPSA) is 132 Å². The summed E-state index contributed by atoms with van der Waals surface area (Å²) in [6.07, 6.45) is 1.63. The minimum Gasteiger partial charge on any atom is -0.493 e. The van der Waals surface area contributed by atoms with Crippen LogP contribution in [0.4, 0.5) is 17.5 Å². The Morgan fingerprint density at radius 1 is 1.11 bits per heavy atom. The Kier molecular flexibility index (Phi) is 7.18. The van der Waals surface area contributed by atoms with Crippen molar-refractivity contribution in [3.05, 3.63) is 54.7 Å². The molecule has 0 spiro atoms. The summed E-state index contributed by atoms with van der Waals surface area (Å²) in [4.78, 5) is 35.9. The van der Waals surface area contributed by atoms with Crippen molar-refractivity contribution in [3.8, 4) is 22.8 Å². The van der Waals surface area contributed by atoms with Gasteiger partial charge in [0.25, 0.3) is 5.91 Å². The highest BCUT2D eigenvalue weighted by molar-refractivity contribution is 6.00. The molecular formula is C27H30N8O3. The number of para-hydroxylation sites is 1. The molecule has 1 amide bonds. The van der Waals surface area contributed by atoms with Gasteiger partial charge in [-0.1, -0.05) is 18.2 Å². The molecule has 0 bridgehead atoms. The number of carbonyl (C=O) groups is 1. The van der Waals surface area contributed by atoms with E-state index in [2.05, 4.69) is 20.3 Å². The molecule has 1 fully saturated rings. The maximum atomic E-state index is 13.9. The average molecular weight is 515 g/mol. The Bertz CT molecular complexity index is 1450. The Morgan fingerprint density at radius 2 is 1.89 bits per heavy atom. The average Bonchev–Trinajstić information content (AvgIpc) is 2.97. The number of aromatic nitrogens is 4. The molecular weight excluding hydrogens is 484 g/mol. The van der Waals surface area contributed by atoms with E-state index in [4.69, 9.17) is 20.2 Å². The molecule has 2 aromatic heterocycles. The number of hydrogen-bond donors (Lipinski definition) is 2. The van der Waals surface area contributed by atoms with E-state index in [0.717, 1.165) is 11.3 Å². The lowest BCUT2D eigenvalue weighted by molar-refractivity contribution is -0.120. The zero-order chi connectivity index (χ0) is 26.6. The molecule has 1 aliphatic heterocycles. The molecule has 196 valence electrons. The van der Waals surface area contributed by atoms with Crippen molar-refractivity contribution in [3.63, 3.8) is 0 Å². The molecule has 0 radical (unpaired) electrons. The molecule has 3 heterocycles. The summed E-state index contributed by atoms with van der Waals surface area (Å²) in [5.41, 5.74) is 9.15. The lowest BCUT2D eigenvalue weighted by Gasteiger charge is -2.38. The van der Waals surface area contributed by atoms with E-state index in [1.54, 1.807) is 25.3 Å². The Hall–Kier alpha value is -4.51. The maximum Gasteiger partial charge on any atom is 0.251 e. The minimum atomic E-state index is -0.520. The molecule has 11 heteroatoms. The number of methoxy groups -OCH3 is 2. The first-order valence-corrected chi connectivity index (χ1v) is 12.4. The van der Waals surface area contributed by atoms with Crippen LogP contribution >= 0.6 is 0 Å². The number of anilines is 3.